The normalized spacial score (nSPS) is 15.2. The van der Waals surface area contributed by atoms with Gasteiger partial charge in [-0.1, -0.05) is 43.9 Å². The van der Waals surface area contributed by atoms with Gasteiger partial charge in [0.15, 0.2) is 0 Å². The highest BCUT2D eigenvalue weighted by Crippen LogP contribution is 2.31. The second-order valence-corrected chi connectivity index (χ2v) is 7.23. The fourth-order valence-corrected chi connectivity index (χ4v) is 4.33. The minimum absolute atomic E-state index is 0.144. The smallest absolute Gasteiger partial charge is 0.224 e. The van der Waals surface area contributed by atoms with Crippen LogP contribution in [0.15, 0.2) is 42.5 Å². The van der Waals surface area contributed by atoms with Crippen molar-refractivity contribution in [1.82, 2.24) is 4.57 Å². The van der Waals surface area contributed by atoms with Crippen molar-refractivity contribution in [3.8, 4) is 0 Å². The van der Waals surface area contributed by atoms with E-state index in [1.165, 1.54) is 47.5 Å². The van der Waals surface area contributed by atoms with Gasteiger partial charge in [-0.25, -0.2) is 0 Å². The fraction of sp³-hybridized carbons (Fsp3) is 0.409. The summed E-state index contributed by atoms with van der Waals surface area (Å²) in [7, 11) is 0. The molecule has 0 spiro atoms. The molecule has 1 N–H and O–H groups in total. The molecule has 1 heterocycles. The van der Waals surface area contributed by atoms with Crippen molar-refractivity contribution in [2.45, 2.75) is 52.0 Å². The van der Waals surface area contributed by atoms with Gasteiger partial charge in [-0.2, -0.15) is 0 Å². The first-order valence-electron chi connectivity index (χ1n) is 9.57. The Kier molecular flexibility index (Phi) is 4.48. The van der Waals surface area contributed by atoms with E-state index in [1.54, 1.807) is 0 Å². The number of nitrogens with zero attached hydrogens (tertiary/aromatic N) is 1. The first kappa shape index (κ1) is 16.2. The molecular formula is C22H26N2O. The summed E-state index contributed by atoms with van der Waals surface area (Å²) >= 11 is 0. The van der Waals surface area contributed by atoms with Crippen LogP contribution in [0.5, 0.6) is 0 Å². The highest BCUT2D eigenvalue weighted by molar-refractivity contribution is 6.09. The number of fused-ring (bicyclic) bond motifs is 3. The van der Waals surface area contributed by atoms with Crippen LogP contribution in [-0.4, -0.2) is 10.5 Å². The van der Waals surface area contributed by atoms with Crippen molar-refractivity contribution in [3.05, 3.63) is 42.5 Å². The van der Waals surface area contributed by atoms with Crippen LogP contribution in [0.2, 0.25) is 0 Å². The van der Waals surface area contributed by atoms with Crippen LogP contribution in [0.25, 0.3) is 21.8 Å². The SMILES string of the molecule is CCn1c2ccccc2c2cc(NC(=O)CCC3CCCC3)ccc21. The molecule has 0 atom stereocenters. The Hall–Kier alpha value is -2.29. The number of hydrogen-bond donors (Lipinski definition) is 1. The molecule has 1 fully saturated rings. The molecule has 3 heteroatoms. The van der Waals surface area contributed by atoms with E-state index in [9.17, 15) is 4.79 Å². The summed E-state index contributed by atoms with van der Waals surface area (Å²) in [6.07, 6.45) is 6.95. The van der Waals surface area contributed by atoms with Gasteiger partial charge in [0.05, 0.1) is 0 Å². The average molecular weight is 334 g/mol. The molecule has 1 aromatic heterocycles. The molecule has 2 aromatic carbocycles. The lowest BCUT2D eigenvalue weighted by Gasteiger charge is -2.09. The molecule has 25 heavy (non-hydrogen) atoms. The van der Waals surface area contributed by atoms with Crippen LogP contribution < -0.4 is 5.32 Å². The summed E-state index contributed by atoms with van der Waals surface area (Å²) in [5.41, 5.74) is 3.39. The number of para-hydroxylation sites is 1. The van der Waals surface area contributed by atoms with E-state index in [2.05, 4.69) is 53.2 Å². The van der Waals surface area contributed by atoms with Crippen LogP contribution in [0.3, 0.4) is 0 Å². The third-order valence-corrected chi connectivity index (χ3v) is 5.63. The van der Waals surface area contributed by atoms with E-state index in [0.717, 1.165) is 24.6 Å². The van der Waals surface area contributed by atoms with Gasteiger partial charge >= 0.3 is 0 Å². The average Bonchev–Trinajstić information content (AvgIpc) is 3.25. The van der Waals surface area contributed by atoms with Gasteiger partial charge in [-0.3, -0.25) is 4.79 Å². The van der Waals surface area contributed by atoms with E-state index in [-0.39, 0.29) is 5.91 Å². The number of aromatic nitrogens is 1. The predicted octanol–water partition coefficient (Wildman–Crippen LogP) is 5.72. The third kappa shape index (κ3) is 3.15. The molecule has 0 bridgehead atoms. The van der Waals surface area contributed by atoms with Crippen molar-refractivity contribution >= 4 is 33.4 Å². The van der Waals surface area contributed by atoms with E-state index < -0.39 is 0 Å². The number of aryl methyl sites for hydroxylation is 1. The molecule has 1 aliphatic carbocycles. The van der Waals surface area contributed by atoms with Crippen molar-refractivity contribution in [3.63, 3.8) is 0 Å². The molecule has 0 saturated heterocycles. The number of anilines is 1. The maximum atomic E-state index is 12.3. The molecule has 0 radical (unpaired) electrons. The zero-order chi connectivity index (χ0) is 17.2. The monoisotopic (exact) mass is 334 g/mol. The summed E-state index contributed by atoms with van der Waals surface area (Å²) in [6, 6.07) is 14.8. The van der Waals surface area contributed by atoms with Crippen molar-refractivity contribution in [1.29, 1.82) is 0 Å². The van der Waals surface area contributed by atoms with E-state index in [4.69, 9.17) is 0 Å². The van der Waals surface area contributed by atoms with Crippen LogP contribution in [-0.2, 0) is 11.3 Å². The first-order chi connectivity index (χ1) is 12.3. The van der Waals surface area contributed by atoms with Crippen LogP contribution in [0.4, 0.5) is 5.69 Å². The molecule has 3 nitrogen and oxygen atoms in total. The zero-order valence-electron chi connectivity index (χ0n) is 14.9. The third-order valence-electron chi connectivity index (χ3n) is 5.63. The van der Waals surface area contributed by atoms with E-state index in [1.807, 2.05) is 6.07 Å². The quantitative estimate of drug-likeness (QED) is 0.636. The van der Waals surface area contributed by atoms with Crippen molar-refractivity contribution in [2.24, 2.45) is 5.92 Å². The highest BCUT2D eigenvalue weighted by Gasteiger charge is 2.16. The van der Waals surface area contributed by atoms with Gasteiger partial charge in [0.25, 0.3) is 0 Å². The van der Waals surface area contributed by atoms with Crippen LogP contribution in [0, 0.1) is 5.92 Å². The molecule has 130 valence electrons. The molecule has 1 aliphatic rings. The first-order valence-corrected chi connectivity index (χ1v) is 9.57. The van der Waals surface area contributed by atoms with E-state index >= 15 is 0 Å². The fourth-order valence-electron chi connectivity index (χ4n) is 4.33. The van der Waals surface area contributed by atoms with Crippen molar-refractivity contribution in [2.75, 3.05) is 5.32 Å². The predicted molar refractivity (Wildman–Crippen MR) is 105 cm³/mol. The Balaban J connectivity index is 1.56. The lowest BCUT2D eigenvalue weighted by Crippen LogP contribution is -2.12. The molecular weight excluding hydrogens is 308 g/mol. The van der Waals surface area contributed by atoms with Crippen molar-refractivity contribution < 1.29 is 4.79 Å². The van der Waals surface area contributed by atoms with Gasteiger partial charge in [0, 0.05) is 40.5 Å². The maximum absolute atomic E-state index is 12.3. The molecule has 1 amide bonds. The highest BCUT2D eigenvalue weighted by atomic mass is 16.1. The minimum Gasteiger partial charge on any atom is -0.341 e. The minimum atomic E-state index is 0.144. The summed E-state index contributed by atoms with van der Waals surface area (Å²) in [5, 5.41) is 5.57. The summed E-state index contributed by atoms with van der Waals surface area (Å²) < 4.78 is 2.33. The van der Waals surface area contributed by atoms with Gasteiger partial charge in [-0.05, 0) is 43.5 Å². The number of amides is 1. The molecule has 1 saturated carbocycles. The molecule has 4 rings (SSSR count). The number of carbonyl (C=O) groups is 1. The van der Waals surface area contributed by atoms with Gasteiger partial charge in [0.2, 0.25) is 5.91 Å². The topological polar surface area (TPSA) is 34.0 Å². The Morgan fingerprint density at radius 1 is 1.08 bits per heavy atom. The second-order valence-electron chi connectivity index (χ2n) is 7.23. The molecule has 0 unspecified atom stereocenters. The Labute approximate surface area is 149 Å². The summed E-state index contributed by atoms with van der Waals surface area (Å²) in [5.74, 6) is 0.904. The Bertz CT molecular complexity index is 903. The number of benzene rings is 2. The number of carbonyl (C=O) groups excluding carboxylic acids is 1. The molecule has 0 aliphatic heterocycles. The summed E-state index contributed by atoms with van der Waals surface area (Å²) in [4.78, 5) is 12.3. The maximum Gasteiger partial charge on any atom is 0.224 e. The largest absolute Gasteiger partial charge is 0.341 e. The van der Waals surface area contributed by atoms with E-state index in [0.29, 0.717) is 6.42 Å². The van der Waals surface area contributed by atoms with Gasteiger partial charge in [-0.15, -0.1) is 0 Å². The lowest BCUT2D eigenvalue weighted by molar-refractivity contribution is -0.116. The second kappa shape index (κ2) is 6.91. The molecule has 3 aromatic rings. The summed E-state index contributed by atoms with van der Waals surface area (Å²) in [6.45, 7) is 3.11. The zero-order valence-corrected chi connectivity index (χ0v) is 14.9. The van der Waals surface area contributed by atoms with Gasteiger partial charge in [0.1, 0.15) is 0 Å². The number of rotatable bonds is 5. The standard InChI is InChI=1S/C22H26N2O/c1-2-24-20-10-6-5-9-18(20)19-15-17(12-13-21(19)24)23-22(25)14-11-16-7-3-4-8-16/h5-6,9-10,12-13,15-16H,2-4,7-8,11,14H2,1H3,(H,23,25). The van der Waals surface area contributed by atoms with Crippen LogP contribution in [0.1, 0.15) is 45.4 Å². The Morgan fingerprint density at radius 3 is 2.64 bits per heavy atom. The van der Waals surface area contributed by atoms with Crippen LogP contribution >= 0.6 is 0 Å². The number of hydrogen-bond acceptors (Lipinski definition) is 1. The lowest BCUT2D eigenvalue weighted by atomic mass is 10.0. The number of nitrogens with one attached hydrogen (secondary N) is 1. The van der Waals surface area contributed by atoms with Gasteiger partial charge < -0.3 is 9.88 Å². The Morgan fingerprint density at radius 2 is 1.84 bits per heavy atom.